The van der Waals surface area contributed by atoms with Gasteiger partial charge in [-0.1, -0.05) is 6.92 Å². The molecule has 160 valence electrons. The predicted octanol–water partition coefficient (Wildman–Crippen LogP) is 2.62. The average molecular weight is 416 g/mol. The quantitative estimate of drug-likeness (QED) is 0.237. The zero-order valence-corrected chi connectivity index (χ0v) is 17.2. The molecule has 0 spiro atoms. The van der Waals surface area contributed by atoms with E-state index in [0.29, 0.717) is 36.0 Å². The van der Waals surface area contributed by atoms with Gasteiger partial charge in [-0.3, -0.25) is 19.2 Å². The maximum Gasteiger partial charge on any atom is 0.327 e. The molecule has 30 heavy (non-hydrogen) atoms. The minimum absolute atomic E-state index is 0.115. The van der Waals surface area contributed by atoms with Crippen LogP contribution in [-0.2, 0) is 28.6 Å². The molecular formula is C22H24O8. The molecule has 0 radical (unpaired) electrons. The second kappa shape index (κ2) is 7.11. The van der Waals surface area contributed by atoms with Crippen molar-refractivity contribution in [2.24, 2.45) is 16.7 Å². The van der Waals surface area contributed by atoms with Crippen molar-refractivity contribution in [1.82, 2.24) is 0 Å². The van der Waals surface area contributed by atoms with Crippen LogP contribution in [-0.4, -0.2) is 44.0 Å². The number of esters is 3. The molecule has 3 atom stereocenters. The molecule has 1 fully saturated rings. The third-order valence-electron chi connectivity index (χ3n) is 7.00. The number of methoxy groups -OCH3 is 2. The van der Waals surface area contributed by atoms with Crippen LogP contribution in [0.4, 0.5) is 0 Å². The van der Waals surface area contributed by atoms with Crippen LogP contribution in [0.1, 0.15) is 49.4 Å². The van der Waals surface area contributed by atoms with Crippen molar-refractivity contribution in [3.05, 3.63) is 35.3 Å². The van der Waals surface area contributed by atoms with Crippen LogP contribution in [0.2, 0.25) is 0 Å². The SMILES string of the molecule is COC(=O)C1(C(=O)OC)CCCC2=C1[C@@H]1C[C@@H](C)[C@@]2(CC(=O)c2ccoc2)C(=O)O1. The van der Waals surface area contributed by atoms with E-state index >= 15 is 0 Å². The lowest BCUT2D eigenvalue weighted by Crippen LogP contribution is -2.60. The summed E-state index contributed by atoms with van der Waals surface area (Å²) in [6.07, 6.45) is 3.51. The van der Waals surface area contributed by atoms with Crippen LogP contribution in [0.25, 0.3) is 0 Å². The summed E-state index contributed by atoms with van der Waals surface area (Å²) in [6.45, 7) is 1.91. The highest BCUT2D eigenvalue weighted by atomic mass is 16.6. The number of hydrogen-bond donors (Lipinski definition) is 0. The van der Waals surface area contributed by atoms with Crippen LogP contribution in [0.5, 0.6) is 0 Å². The zero-order chi connectivity index (χ0) is 21.7. The van der Waals surface area contributed by atoms with E-state index in [0.717, 1.165) is 0 Å². The van der Waals surface area contributed by atoms with Gasteiger partial charge >= 0.3 is 17.9 Å². The molecule has 8 heteroatoms. The molecule has 4 aliphatic rings. The lowest BCUT2D eigenvalue weighted by molar-refractivity contribution is -0.183. The van der Waals surface area contributed by atoms with Gasteiger partial charge in [0.1, 0.15) is 12.4 Å². The second-order valence-corrected chi connectivity index (χ2v) is 8.25. The Morgan fingerprint density at radius 3 is 2.47 bits per heavy atom. The number of rotatable bonds is 5. The van der Waals surface area contributed by atoms with Crippen molar-refractivity contribution >= 4 is 23.7 Å². The molecule has 1 aromatic rings. The topological polar surface area (TPSA) is 109 Å². The van der Waals surface area contributed by atoms with Gasteiger partial charge in [0.2, 0.25) is 0 Å². The largest absolute Gasteiger partial charge is 0.472 e. The van der Waals surface area contributed by atoms with Gasteiger partial charge in [-0.25, -0.2) is 0 Å². The summed E-state index contributed by atoms with van der Waals surface area (Å²) in [5.41, 5.74) is -1.42. The van der Waals surface area contributed by atoms with Gasteiger partial charge in [-0.05, 0) is 48.8 Å². The Hall–Kier alpha value is -2.90. The molecule has 0 unspecified atom stereocenters. The maximum absolute atomic E-state index is 13.2. The summed E-state index contributed by atoms with van der Waals surface area (Å²) in [7, 11) is 2.44. The molecular weight excluding hydrogens is 392 g/mol. The monoisotopic (exact) mass is 416 g/mol. The number of ketones is 1. The van der Waals surface area contributed by atoms with E-state index in [-0.39, 0.29) is 24.5 Å². The van der Waals surface area contributed by atoms with Crippen LogP contribution in [0, 0.1) is 16.7 Å². The van der Waals surface area contributed by atoms with Crippen molar-refractivity contribution in [2.45, 2.75) is 45.1 Å². The Bertz CT molecular complexity index is 924. The maximum atomic E-state index is 13.2. The van der Waals surface area contributed by atoms with E-state index in [1.165, 1.54) is 26.7 Å². The fraction of sp³-hybridized carbons (Fsp3) is 0.545. The Kier molecular flexibility index (Phi) is 4.83. The third kappa shape index (κ3) is 2.52. The molecule has 5 rings (SSSR count). The van der Waals surface area contributed by atoms with Gasteiger partial charge in [-0.15, -0.1) is 0 Å². The van der Waals surface area contributed by atoms with Crippen molar-refractivity contribution in [1.29, 1.82) is 0 Å². The molecule has 1 saturated heterocycles. The summed E-state index contributed by atoms with van der Waals surface area (Å²) < 4.78 is 20.7. The molecule has 0 saturated carbocycles. The average Bonchev–Trinajstić information content (AvgIpc) is 3.28. The number of carbonyl (C=O) groups excluding carboxylic acids is 4. The summed E-state index contributed by atoms with van der Waals surface area (Å²) in [4.78, 5) is 52.0. The first-order valence-corrected chi connectivity index (χ1v) is 10.00. The van der Waals surface area contributed by atoms with E-state index in [1.807, 2.05) is 6.92 Å². The summed E-state index contributed by atoms with van der Waals surface area (Å²) in [5.74, 6) is -2.38. The van der Waals surface area contributed by atoms with Gasteiger partial charge in [0, 0.05) is 6.42 Å². The number of Topliss-reactive ketones (excluding diaryl/α,β-unsaturated/α-hetero) is 1. The zero-order valence-electron chi connectivity index (χ0n) is 17.2. The van der Waals surface area contributed by atoms with Gasteiger partial charge in [0.25, 0.3) is 0 Å². The lowest BCUT2D eigenvalue weighted by atomic mass is 9.51. The molecule has 2 aliphatic heterocycles. The van der Waals surface area contributed by atoms with Gasteiger partial charge in [0.15, 0.2) is 11.2 Å². The Balaban J connectivity index is 1.92. The van der Waals surface area contributed by atoms with Crippen LogP contribution in [0.15, 0.2) is 34.2 Å². The predicted molar refractivity (Wildman–Crippen MR) is 101 cm³/mol. The molecule has 8 nitrogen and oxygen atoms in total. The molecule has 0 aromatic carbocycles. The van der Waals surface area contributed by atoms with Crippen LogP contribution >= 0.6 is 0 Å². The first-order valence-electron chi connectivity index (χ1n) is 10.00. The summed E-state index contributed by atoms with van der Waals surface area (Å²) in [6, 6.07) is 1.55. The second-order valence-electron chi connectivity index (χ2n) is 8.25. The van der Waals surface area contributed by atoms with Gasteiger partial charge < -0.3 is 18.6 Å². The Morgan fingerprint density at radius 2 is 1.90 bits per heavy atom. The molecule has 0 N–H and O–H groups in total. The highest BCUT2D eigenvalue weighted by Crippen LogP contribution is 2.61. The first-order chi connectivity index (χ1) is 14.3. The number of furan rings is 1. The first kappa shape index (κ1) is 20.4. The minimum atomic E-state index is -1.66. The fourth-order valence-corrected chi connectivity index (χ4v) is 5.58. The number of fused-ring (bicyclic) bond motifs is 2. The number of carbonyl (C=O) groups is 4. The standard InChI is InChI=1S/C22H24O8/c1-12-9-16-17-14(5-4-7-21(17,18(24)27-2)19(25)28-3)22(12,20(26)30-16)10-15(23)13-6-8-29-11-13/h6,8,11-12,16H,4-5,7,9-10H2,1-3H3/t12-,16+,22-/m1/s1. The van der Waals surface area contributed by atoms with Gasteiger partial charge in [0.05, 0.1) is 31.5 Å². The van der Waals surface area contributed by atoms with E-state index in [2.05, 4.69) is 0 Å². The molecule has 3 heterocycles. The van der Waals surface area contributed by atoms with E-state index in [4.69, 9.17) is 18.6 Å². The van der Waals surface area contributed by atoms with Crippen molar-refractivity contribution in [3.63, 3.8) is 0 Å². The minimum Gasteiger partial charge on any atom is -0.472 e. The Labute approximate surface area is 173 Å². The fourth-order valence-electron chi connectivity index (χ4n) is 5.58. The normalized spacial score (nSPS) is 29.1. The molecule has 0 amide bonds. The highest BCUT2D eigenvalue weighted by Gasteiger charge is 2.67. The lowest BCUT2D eigenvalue weighted by Gasteiger charge is -2.55. The number of hydrogen-bond acceptors (Lipinski definition) is 8. The smallest absolute Gasteiger partial charge is 0.327 e. The number of ether oxygens (including phenoxy) is 3. The third-order valence-corrected chi connectivity index (χ3v) is 7.00. The van der Waals surface area contributed by atoms with Crippen molar-refractivity contribution in [2.75, 3.05) is 14.2 Å². The molecule has 1 aromatic heterocycles. The van der Waals surface area contributed by atoms with Crippen LogP contribution < -0.4 is 0 Å². The summed E-state index contributed by atoms with van der Waals surface area (Å²) in [5, 5.41) is 0. The van der Waals surface area contributed by atoms with E-state index < -0.39 is 34.8 Å². The van der Waals surface area contributed by atoms with E-state index in [1.54, 1.807) is 6.07 Å². The Morgan fingerprint density at radius 1 is 1.20 bits per heavy atom. The van der Waals surface area contributed by atoms with Crippen molar-refractivity contribution in [3.8, 4) is 0 Å². The van der Waals surface area contributed by atoms with Crippen LogP contribution in [0.3, 0.4) is 0 Å². The summed E-state index contributed by atoms with van der Waals surface area (Å²) >= 11 is 0. The van der Waals surface area contributed by atoms with E-state index in [9.17, 15) is 19.2 Å². The van der Waals surface area contributed by atoms with Crippen molar-refractivity contribution < 1.29 is 37.8 Å². The highest BCUT2D eigenvalue weighted by molar-refractivity contribution is 6.06. The molecule has 2 aliphatic carbocycles. The molecule has 2 bridgehead atoms. The van der Waals surface area contributed by atoms with Gasteiger partial charge in [-0.2, -0.15) is 0 Å².